The van der Waals surface area contributed by atoms with Crippen molar-refractivity contribution in [1.82, 2.24) is 10.0 Å². The zero-order valence-corrected chi connectivity index (χ0v) is 11.3. The molecule has 1 fully saturated rings. The van der Waals surface area contributed by atoms with Gasteiger partial charge < -0.3 is 10.5 Å². The summed E-state index contributed by atoms with van der Waals surface area (Å²) in [6, 6.07) is -0.685. The molecule has 1 amide bonds. The average Bonchev–Trinajstić information content (AvgIpc) is 2.93. The summed E-state index contributed by atoms with van der Waals surface area (Å²) < 4.78 is 4.96. The Morgan fingerprint density at radius 1 is 1.55 bits per heavy atom. The lowest BCUT2D eigenvalue weighted by atomic mass is 10.1. The lowest BCUT2D eigenvalue weighted by Gasteiger charge is -2.20. The Morgan fingerprint density at radius 3 is 2.85 bits per heavy atom. The van der Waals surface area contributed by atoms with Gasteiger partial charge in [-0.05, 0) is 0 Å². The smallest absolute Gasteiger partial charge is 0.357 e. The number of hydrogen-bond donors (Lipinski definition) is 1. The number of ether oxygens (including phenoxy) is 1. The first-order chi connectivity index (χ1) is 9.51. The molecule has 0 unspecified atom stereocenters. The van der Waals surface area contributed by atoms with Gasteiger partial charge in [-0.25, -0.2) is 14.8 Å². The van der Waals surface area contributed by atoms with Crippen molar-refractivity contribution in [2.75, 3.05) is 19.7 Å². The summed E-state index contributed by atoms with van der Waals surface area (Å²) in [7, 11) is 0. The minimum atomic E-state index is -0.702. The van der Waals surface area contributed by atoms with E-state index in [0.29, 0.717) is 5.57 Å². The van der Waals surface area contributed by atoms with Gasteiger partial charge in [0.1, 0.15) is 12.6 Å². The van der Waals surface area contributed by atoms with Crippen LogP contribution >= 0.6 is 0 Å². The van der Waals surface area contributed by atoms with Crippen molar-refractivity contribution in [3.63, 3.8) is 0 Å². The van der Waals surface area contributed by atoms with Crippen molar-refractivity contribution in [3.8, 4) is 0 Å². The lowest BCUT2D eigenvalue weighted by Crippen LogP contribution is -2.38. The maximum atomic E-state index is 12.1. The molecule has 0 radical (unpaired) electrons. The topological polar surface area (TPSA) is 92.9 Å². The molecule has 0 aromatic carbocycles. The number of fused-ring (bicyclic) bond motifs is 1. The summed E-state index contributed by atoms with van der Waals surface area (Å²) in [6.45, 7) is 5.67. The molecular weight excluding hydrogens is 262 g/mol. The Hall–Kier alpha value is -1.99. The second kappa shape index (κ2) is 5.56. The van der Waals surface area contributed by atoms with Gasteiger partial charge in [0.25, 0.3) is 5.91 Å². The second-order valence-electron chi connectivity index (χ2n) is 4.59. The first kappa shape index (κ1) is 14.4. The second-order valence-corrected chi connectivity index (χ2v) is 4.59. The van der Waals surface area contributed by atoms with Crippen molar-refractivity contribution in [3.05, 3.63) is 23.9 Å². The van der Waals surface area contributed by atoms with Gasteiger partial charge in [-0.1, -0.05) is 19.6 Å². The lowest BCUT2D eigenvalue weighted by molar-refractivity contribution is -0.146. The van der Waals surface area contributed by atoms with E-state index in [0.717, 1.165) is 0 Å². The highest BCUT2D eigenvalue weighted by Crippen LogP contribution is 2.30. The van der Waals surface area contributed by atoms with Gasteiger partial charge in [-0.2, -0.15) is 0 Å². The van der Waals surface area contributed by atoms with Crippen LogP contribution in [-0.4, -0.2) is 53.4 Å². The summed E-state index contributed by atoms with van der Waals surface area (Å²) in [4.78, 5) is 36.0. The molecule has 2 aliphatic rings. The van der Waals surface area contributed by atoms with E-state index in [-0.39, 0.29) is 37.6 Å². The average molecular weight is 279 g/mol. The van der Waals surface area contributed by atoms with E-state index in [1.807, 2.05) is 0 Å². The number of ketones is 1. The number of carbonyl (C=O) groups is 3. The van der Waals surface area contributed by atoms with Crippen molar-refractivity contribution < 1.29 is 19.1 Å². The predicted octanol–water partition coefficient (Wildman–Crippen LogP) is -0.651. The quantitative estimate of drug-likeness (QED) is 0.531. The number of nitrogens with two attached hydrogens (primary N) is 1. The number of rotatable bonds is 5. The summed E-state index contributed by atoms with van der Waals surface area (Å²) in [5, 5.41) is 2.78. The number of esters is 1. The number of carbonyl (C=O) groups excluding carboxylic acids is 3. The number of amides is 1. The van der Waals surface area contributed by atoms with Gasteiger partial charge in [0.15, 0.2) is 11.5 Å². The summed E-state index contributed by atoms with van der Waals surface area (Å²) in [5.41, 5.74) is 5.98. The molecular formula is C13H17N3O4. The monoisotopic (exact) mass is 279 g/mol. The van der Waals surface area contributed by atoms with Crippen LogP contribution < -0.4 is 5.73 Å². The minimum absolute atomic E-state index is 0.00310. The molecule has 0 spiro atoms. The first-order valence-electron chi connectivity index (χ1n) is 6.40. The van der Waals surface area contributed by atoms with E-state index in [1.54, 1.807) is 11.9 Å². The van der Waals surface area contributed by atoms with Crippen molar-refractivity contribution in [1.29, 1.82) is 0 Å². The summed E-state index contributed by atoms with van der Waals surface area (Å²) >= 11 is 0. The van der Waals surface area contributed by atoms with Crippen LogP contribution in [0.2, 0.25) is 0 Å². The number of Topliss-reactive ketones (excluding diaryl/α,β-unsaturated/α-hetero) is 1. The van der Waals surface area contributed by atoms with Gasteiger partial charge in [0.05, 0.1) is 0 Å². The fourth-order valence-electron chi connectivity index (χ4n) is 2.30. The van der Waals surface area contributed by atoms with E-state index >= 15 is 0 Å². The zero-order valence-electron chi connectivity index (χ0n) is 11.3. The molecule has 1 saturated heterocycles. The third kappa shape index (κ3) is 2.25. The standard InChI is InChI=1S/C13H17N3O4/c1-3-5-20-13(19)11-8(10(17)4-2)6-15-7-9(14)12(18)16(11)15/h3,9H,1,4-7,14H2,2H3/t9-/m0/s1. The first-order valence-corrected chi connectivity index (χ1v) is 6.40. The van der Waals surface area contributed by atoms with Crippen LogP contribution in [0.25, 0.3) is 0 Å². The van der Waals surface area contributed by atoms with E-state index in [2.05, 4.69) is 6.58 Å². The van der Waals surface area contributed by atoms with Gasteiger partial charge >= 0.3 is 5.97 Å². The van der Waals surface area contributed by atoms with E-state index < -0.39 is 17.9 Å². The van der Waals surface area contributed by atoms with Crippen molar-refractivity contribution in [2.45, 2.75) is 19.4 Å². The number of nitrogens with zero attached hydrogens (tertiary/aromatic N) is 2. The fourth-order valence-corrected chi connectivity index (χ4v) is 2.30. The van der Waals surface area contributed by atoms with Gasteiger partial charge in [0, 0.05) is 25.1 Å². The van der Waals surface area contributed by atoms with Crippen LogP contribution in [0.4, 0.5) is 0 Å². The van der Waals surface area contributed by atoms with E-state index in [9.17, 15) is 14.4 Å². The minimum Gasteiger partial charge on any atom is -0.457 e. The molecule has 2 heterocycles. The maximum absolute atomic E-state index is 12.1. The summed E-state index contributed by atoms with van der Waals surface area (Å²) in [6.07, 6.45) is 1.68. The highest BCUT2D eigenvalue weighted by atomic mass is 16.5. The fraction of sp³-hybridized carbons (Fsp3) is 0.462. The van der Waals surface area contributed by atoms with Crippen LogP contribution in [0.5, 0.6) is 0 Å². The molecule has 2 N–H and O–H groups in total. The van der Waals surface area contributed by atoms with Crippen molar-refractivity contribution in [2.24, 2.45) is 5.73 Å². The molecule has 0 bridgehead atoms. The Kier molecular flexibility index (Phi) is 4.01. The van der Waals surface area contributed by atoms with Crippen LogP contribution in [0.1, 0.15) is 13.3 Å². The SMILES string of the molecule is C=CCOC(=O)C1=C(C(=O)CC)CN2C[C@H](N)C(=O)N12. The predicted molar refractivity (Wildman–Crippen MR) is 69.9 cm³/mol. The van der Waals surface area contributed by atoms with E-state index in [1.165, 1.54) is 11.1 Å². The third-order valence-corrected chi connectivity index (χ3v) is 3.24. The zero-order chi connectivity index (χ0) is 14.9. The van der Waals surface area contributed by atoms with Gasteiger partial charge in [0.2, 0.25) is 0 Å². The van der Waals surface area contributed by atoms with Crippen LogP contribution in [-0.2, 0) is 19.1 Å². The molecule has 0 saturated carbocycles. The maximum Gasteiger partial charge on any atom is 0.357 e. The molecule has 7 nitrogen and oxygen atoms in total. The van der Waals surface area contributed by atoms with Crippen LogP contribution in [0.15, 0.2) is 23.9 Å². The number of hydrazine groups is 1. The Bertz CT molecular complexity index is 512. The molecule has 108 valence electrons. The van der Waals surface area contributed by atoms with Crippen molar-refractivity contribution >= 4 is 17.7 Å². The van der Waals surface area contributed by atoms with Crippen LogP contribution in [0.3, 0.4) is 0 Å². The number of hydrogen-bond acceptors (Lipinski definition) is 6. The molecule has 0 aliphatic carbocycles. The van der Waals surface area contributed by atoms with E-state index in [4.69, 9.17) is 10.5 Å². The Labute approximate surface area is 116 Å². The Morgan fingerprint density at radius 2 is 2.25 bits per heavy atom. The molecule has 0 aromatic rings. The van der Waals surface area contributed by atoms with Crippen LogP contribution in [0, 0.1) is 0 Å². The Balaban J connectivity index is 2.36. The normalized spacial score (nSPS) is 22.2. The third-order valence-electron chi connectivity index (χ3n) is 3.24. The van der Waals surface area contributed by atoms with Gasteiger partial charge in [-0.15, -0.1) is 0 Å². The molecule has 20 heavy (non-hydrogen) atoms. The largest absolute Gasteiger partial charge is 0.457 e. The van der Waals surface area contributed by atoms with Gasteiger partial charge in [-0.3, -0.25) is 9.59 Å². The molecule has 7 heteroatoms. The molecule has 0 aromatic heterocycles. The highest BCUT2D eigenvalue weighted by molar-refractivity contribution is 6.07. The highest BCUT2D eigenvalue weighted by Gasteiger charge is 2.47. The summed E-state index contributed by atoms with van der Waals surface area (Å²) in [5.74, 6) is -1.27. The molecule has 2 aliphatic heterocycles. The molecule has 1 atom stereocenters. The molecule has 2 rings (SSSR count).